The zero-order valence-electron chi connectivity index (χ0n) is 10.7. The molecule has 6 heteroatoms. The minimum Gasteiger partial charge on any atom is -0.465 e. The SMILES string of the molecule is CCCCC(C(=O)OCC)C(C)=NNC(N)=S. The summed E-state index contributed by atoms with van der Waals surface area (Å²) in [5.74, 6) is -0.566. The minimum absolute atomic E-state index is 0.0856. The van der Waals surface area contributed by atoms with E-state index in [1.54, 1.807) is 13.8 Å². The number of nitrogens with two attached hydrogens (primary N) is 1. The van der Waals surface area contributed by atoms with Gasteiger partial charge < -0.3 is 10.5 Å². The van der Waals surface area contributed by atoms with E-state index in [-0.39, 0.29) is 17.0 Å². The lowest BCUT2D eigenvalue weighted by atomic mass is 9.98. The van der Waals surface area contributed by atoms with Crippen molar-refractivity contribution in [3.63, 3.8) is 0 Å². The van der Waals surface area contributed by atoms with Crippen molar-refractivity contribution in [3.05, 3.63) is 0 Å². The molecule has 0 amide bonds. The first-order valence-corrected chi connectivity index (χ1v) is 6.19. The first-order valence-electron chi connectivity index (χ1n) is 5.79. The van der Waals surface area contributed by atoms with E-state index in [1.165, 1.54) is 0 Å². The fraction of sp³-hybridized carbons (Fsp3) is 0.727. The molecule has 0 rings (SSSR count). The van der Waals surface area contributed by atoms with Crippen molar-refractivity contribution < 1.29 is 9.53 Å². The maximum Gasteiger partial charge on any atom is 0.314 e. The van der Waals surface area contributed by atoms with Gasteiger partial charge in [-0.05, 0) is 32.5 Å². The van der Waals surface area contributed by atoms with Crippen molar-refractivity contribution >= 4 is 29.0 Å². The molecule has 1 atom stereocenters. The third-order valence-corrected chi connectivity index (χ3v) is 2.36. The average Bonchev–Trinajstić information content (AvgIpc) is 2.27. The average molecular weight is 259 g/mol. The summed E-state index contributed by atoms with van der Waals surface area (Å²) in [6, 6.07) is 0. The molecular formula is C11H21N3O2S. The van der Waals surface area contributed by atoms with E-state index in [0.29, 0.717) is 12.3 Å². The number of carbonyl (C=O) groups excluding carboxylic acids is 1. The third kappa shape index (κ3) is 6.88. The van der Waals surface area contributed by atoms with Crippen molar-refractivity contribution in [1.29, 1.82) is 0 Å². The van der Waals surface area contributed by atoms with Gasteiger partial charge in [-0.15, -0.1) is 0 Å². The lowest BCUT2D eigenvalue weighted by Gasteiger charge is -2.14. The van der Waals surface area contributed by atoms with Gasteiger partial charge in [0.25, 0.3) is 0 Å². The molecule has 3 N–H and O–H groups in total. The maximum atomic E-state index is 11.7. The molecule has 0 spiro atoms. The van der Waals surface area contributed by atoms with E-state index < -0.39 is 0 Å². The molecule has 0 fully saturated rings. The number of ether oxygens (including phenoxy) is 1. The van der Waals surface area contributed by atoms with Crippen molar-refractivity contribution in [2.45, 2.75) is 40.0 Å². The molecule has 0 aromatic heterocycles. The van der Waals surface area contributed by atoms with Crippen LogP contribution in [0.15, 0.2) is 5.10 Å². The number of hydrazone groups is 1. The number of rotatable bonds is 7. The first kappa shape index (κ1) is 15.8. The van der Waals surface area contributed by atoms with Crippen LogP contribution >= 0.6 is 12.2 Å². The zero-order valence-corrected chi connectivity index (χ0v) is 11.5. The van der Waals surface area contributed by atoms with Crippen molar-refractivity contribution in [2.24, 2.45) is 16.8 Å². The predicted molar refractivity (Wildman–Crippen MR) is 72.7 cm³/mol. The molecule has 1 unspecified atom stereocenters. The Labute approximate surface area is 108 Å². The normalized spacial score (nSPS) is 13.0. The van der Waals surface area contributed by atoms with Gasteiger partial charge in [0.15, 0.2) is 5.11 Å². The number of nitrogens with one attached hydrogen (secondary N) is 1. The van der Waals surface area contributed by atoms with E-state index in [1.807, 2.05) is 0 Å². The molecule has 0 aliphatic carbocycles. The highest BCUT2D eigenvalue weighted by Crippen LogP contribution is 2.12. The van der Waals surface area contributed by atoms with E-state index in [9.17, 15) is 4.79 Å². The van der Waals surface area contributed by atoms with Crippen LogP contribution in [0.5, 0.6) is 0 Å². The number of hydrogen-bond donors (Lipinski definition) is 2. The second-order valence-corrected chi connectivity index (χ2v) is 4.12. The second-order valence-electron chi connectivity index (χ2n) is 3.68. The van der Waals surface area contributed by atoms with Crippen LogP contribution in [-0.4, -0.2) is 23.4 Å². The molecule has 0 aromatic rings. The van der Waals surface area contributed by atoms with Crippen LogP contribution in [0.3, 0.4) is 0 Å². The Morgan fingerprint density at radius 2 is 2.18 bits per heavy atom. The minimum atomic E-state index is -0.322. The van der Waals surface area contributed by atoms with Gasteiger partial charge in [-0.1, -0.05) is 19.8 Å². The van der Waals surface area contributed by atoms with E-state index in [2.05, 4.69) is 29.7 Å². The Kier molecular flexibility index (Phi) is 8.31. The van der Waals surface area contributed by atoms with E-state index >= 15 is 0 Å². The van der Waals surface area contributed by atoms with Crippen molar-refractivity contribution in [3.8, 4) is 0 Å². The second kappa shape index (κ2) is 8.92. The predicted octanol–water partition coefficient (Wildman–Crippen LogP) is 1.56. The summed E-state index contributed by atoms with van der Waals surface area (Å²) in [6.45, 7) is 6.00. The summed E-state index contributed by atoms with van der Waals surface area (Å²) in [4.78, 5) is 11.7. The van der Waals surface area contributed by atoms with Gasteiger partial charge in [-0.25, -0.2) is 0 Å². The Balaban J connectivity index is 4.59. The molecule has 0 saturated heterocycles. The van der Waals surface area contributed by atoms with E-state index in [0.717, 1.165) is 19.3 Å². The summed E-state index contributed by atoms with van der Waals surface area (Å²) < 4.78 is 5.02. The molecule has 0 saturated carbocycles. The summed E-state index contributed by atoms with van der Waals surface area (Å²) in [5.41, 5.74) is 8.40. The summed E-state index contributed by atoms with van der Waals surface area (Å²) >= 11 is 4.65. The Morgan fingerprint density at radius 3 is 2.65 bits per heavy atom. The molecule has 0 bridgehead atoms. The molecule has 0 heterocycles. The maximum absolute atomic E-state index is 11.7. The number of nitrogens with zero attached hydrogens (tertiary/aromatic N) is 1. The molecule has 0 aliphatic heterocycles. The highest BCUT2D eigenvalue weighted by Gasteiger charge is 2.22. The van der Waals surface area contributed by atoms with Gasteiger partial charge in [0.05, 0.1) is 12.5 Å². The highest BCUT2D eigenvalue weighted by atomic mass is 32.1. The number of unbranched alkanes of at least 4 members (excludes halogenated alkanes) is 1. The van der Waals surface area contributed by atoms with Crippen LogP contribution in [0.4, 0.5) is 0 Å². The molecular weight excluding hydrogens is 238 g/mol. The molecule has 17 heavy (non-hydrogen) atoms. The number of carbonyl (C=O) groups is 1. The smallest absolute Gasteiger partial charge is 0.314 e. The summed E-state index contributed by atoms with van der Waals surface area (Å²) in [6.07, 6.45) is 2.69. The van der Waals surface area contributed by atoms with E-state index in [4.69, 9.17) is 10.5 Å². The van der Waals surface area contributed by atoms with Crippen LogP contribution in [0.1, 0.15) is 40.0 Å². The largest absolute Gasteiger partial charge is 0.465 e. The zero-order chi connectivity index (χ0) is 13.3. The number of esters is 1. The Bertz CT molecular complexity index is 292. The van der Waals surface area contributed by atoms with Gasteiger partial charge in [0.1, 0.15) is 0 Å². The van der Waals surface area contributed by atoms with Crippen LogP contribution < -0.4 is 11.2 Å². The van der Waals surface area contributed by atoms with Crippen LogP contribution in [0.2, 0.25) is 0 Å². The van der Waals surface area contributed by atoms with Gasteiger partial charge >= 0.3 is 5.97 Å². The van der Waals surface area contributed by atoms with Gasteiger partial charge in [-0.3, -0.25) is 10.2 Å². The lowest BCUT2D eigenvalue weighted by Crippen LogP contribution is -2.30. The Hall–Kier alpha value is -1.17. The highest BCUT2D eigenvalue weighted by molar-refractivity contribution is 7.80. The number of hydrogen-bond acceptors (Lipinski definition) is 4. The number of thiocarbonyl (C=S) groups is 1. The van der Waals surface area contributed by atoms with Crippen molar-refractivity contribution in [1.82, 2.24) is 5.43 Å². The molecule has 5 nitrogen and oxygen atoms in total. The summed E-state index contributed by atoms with van der Waals surface area (Å²) in [5, 5.41) is 4.07. The fourth-order valence-electron chi connectivity index (χ4n) is 1.37. The van der Waals surface area contributed by atoms with Gasteiger partial charge in [0.2, 0.25) is 0 Å². The monoisotopic (exact) mass is 259 g/mol. The topological polar surface area (TPSA) is 76.7 Å². The standard InChI is InChI=1S/C11H21N3O2S/c1-4-6-7-9(10(15)16-5-2)8(3)13-14-11(12)17/h9H,4-7H2,1-3H3,(H3,12,14,17). The Morgan fingerprint density at radius 1 is 1.53 bits per heavy atom. The quantitative estimate of drug-likeness (QED) is 0.314. The van der Waals surface area contributed by atoms with Crippen molar-refractivity contribution in [2.75, 3.05) is 6.61 Å². The van der Waals surface area contributed by atoms with Gasteiger partial charge in [-0.2, -0.15) is 5.10 Å². The molecule has 0 radical (unpaired) electrons. The molecule has 0 aromatic carbocycles. The molecule has 98 valence electrons. The lowest BCUT2D eigenvalue weighted by molar-refractivity contribution is -0.145. The van der Waals surface area contributed by atoms with Crippen LogP contribution in [-0.2, 0) is 9.53 Å². The third-order valence-electron chi connectivity index (χ3n) is 2.26. The van der Waals surface area contributed by atoms with Gasteiger partial charge in [0, 0.05) is 5.71 Å². The van der Waals surface area contributed by atoms with Crippen LogP contribution in [0, 0.1) is 5.92 Å². The fourth-order valence-corrected chi connectivity index (χ4v) is 1.42. The first-order chi connectivity index (χ1) is 8.02. The van der Waals surface area contributed by atoms with Crippen LogP contribution in [0.25, 0.3) is 0 Å². The summed E-state index contributed by atoms with van der Waals surface area (Å²) in [7, 11) is 0. The molecule has 0 aliphatic rings.